The Labute approximate surface area is 138 Å². The molecule has 2 N–H and O–H groups in total. The van der Waals surface area contributed by atoms with E-state index in [9.17, 15) is 9.90 Å². The minimum atomic E-state index is -0.274. The summed E-state index contributed by atoms with van der Waals surface area (Å²) in [6.07, 6.45) is 3.18. The summed E-state index contributed by atoms with van der Waals surface area (Å²) in [4.78, 5) is 12.6. The quantitative estimate of drug-likeness (QED) is 0.881. The number of rotatable bonds is 4. The molecule has 0 unspecified atom stereocenters. The number of aryl methyl sites for hydroxylation is 1. The Balaban J connectivity index is 2.39. The Morgan fingerprint density at radius 3 is 2.78 bits per heavy atom. The molecule has 6 heteroatoms. The van der Waals surface area contributed by atoms with Gasteiger partial charge in [-0.15, -0.1) is 0 Å². The lowest BCUT2D eigenvalue weighted by Crippen LogP contribution is -2.28. The van der Waals surface area contributed by atoms with Crippen molar-refractivity contribution in [3.63, 3.8) is 0 Å². The number of fused-ring (bicyclic) bond motifs is 1. The highest BCUT2D eigenvalue weighted by molar-refractivity contribution is 5.96. The highest BCUT2D eigenvalue weighted by Crippen LogP contribution is 2.23. The molecule has 1 aliphatic rings. The zero-order valence-electron chi connectivity index (χ0n) is 14.5. The number of aromatic nitrogens is 2. The van der Waals surface area contributed by atoms with E-state index in [1.165, 1.54) is 0 Å². The van der Waals surface area contributed by atoms with E-state index in [4.69, 9.17) is 4.74 Å². The first kappa shape index (κ1) is 17.9. The monoisotopic (exact) mass is 323 g/mol. The molecule has 6 nitrogen and oxygen atoms in total. The molecule has 0 fully saturated rings. The number of hydrogen-bond acceptors (Lipinski definition) is 4. The molecule has 0 aliphatic carbocycles. The molecule has 1 amide bonds. The van der Waals surface area contributed by atoms with E-state index in [2.05, 4.69) is 10.4 Å². The lowest BCUT2D eigenvalue weighted by atomic mass is 9.95. The smallest absolute Gasteiger partial charge is 0.255 e. The second kappa shape index (κ2) is 7.93. The van der Waals surface area contributed by atoms with Crippen molar-refractivity contribution in [3.05, 3.63) is 17.0 Å². The molecule has 0 aromatic carbocycles. The lowest BCUT2D eigenvalue weighted by Gasteiger charge is -2.23. The molecule has 0 atom stereocenters. The van der Waals surface area contributed by atoms with E-state index < -0.39 is 0 Å². The van der Waals surface area contributed by atoms with Crippen molar-refractivity contribution >= 4 is 5.91 Å². The van der Waals surface area contributed by atoms with Crippen molar-refractivity contribution < 1.29 is 14.6 Å². The average Bonchev–Trinajstić information content (AvgIpc) is 2.84. The van der Waals surface area contributed by atoms with Gasteiger partial charge < -0.3 is 15.2 Å². The van der Waals surface area contributed by atoms with E-state index in [1.54, 1.807) is 0 Å². The van der Waals surface area contributed by atoms with Crippen LogP contribution in [0.2, 0.25) is 0 Å². The van der Waals surface area contributed by atoms with Crippen LogP contribution in [0.15, 0.2) is 0 Å². The molecule has 0 saturated heterocycles. The highest BCUT2D eigenvalue weighted by Gasteiger charge is 2.26. The number of amides is 1. The molecular weight excluding hydrogens is 294 g/mol. The maximum atomic E-state index is 12.6. The first-order valence-electron chi connectivity index (χ1n) is 8.54. The van der Waals surface area contributed by atoms with E-state index in [-0.39, 0.29) is 17.9 Å². The van der Waals surface area contributed by atoms with Gasteiger partial charge in [0.25, 0.3) is 5.91 Å². The molecule has 0 radical (unpaired) electrons. The van der Waals surface area contributed by atoms with Gasteiger partial charge in [0.2, 0.25) is 0 Å². The number of carbonyl (C=O) groups is 1. The molecule has 0 bridgehead atoms. The number of aliphatic hydroxyl groups is 1. The zero-order chi connectivity index (χ0) is 16.9. The van der Waals surface area contributed by atoms with Gasteiger partial charge in [-0.2, -0.15) is 5.10 Å². The van der Waals surface area contributed by atoms with E-state index in [0.29, 0.717) is 26.3 Å². The maximum absolute atomic E-state index is 12.6. The SMILES string of the molecule is CCc1nn(CC(C)(C)CO)c2c1C(=O)NCCCOCCC2. The summed E-state index contributed by atoms with van der Waals surface area (Å²) < 4.78 is 7.51. The van der Waals surface area contributed by atoms with Crippen LogP contribution in [-0.4, -0.2) is 47.2 Å². The topological polar surface area (TPSA) is 76.4 Å². The van der Waals surface area contributed by atoms with Gasteiger partial charge in [-0.05, 0) is 25.7 Å². The van der Waals surface area contributed by atoms with Crippen LogP contribution in [0.1, 0.15) is 55.4 Å². The number of nitrogens with one attached hydrogen (secondary N) is 1. The molecule has 0 spiro atoms. The third kappa shape index (κ3) is 4.54. The molecule has 2 rings (SSSR count). The van der Waals surface area contributed by atoms with Gasteiger partial charge in [0.05, 0.1) is 17.0 Å². The zero-order valence-corrected chi connectivity index (χ0v) is 14.5. The van der Waals surface area contributed by atoms with Crippen LogP contribution >= 0.6 is 0 Å². The van der Waals surface area contributed by atoms with Gasteiger partial charge in [0.15, 0.2) is 0 Å². The largest absolute Gasteiger partial charge is 0.396 e. The van der Waals surface area contributed by atoms with E-state index in [1.807, 2.05) is 25.5 Å². The van der Waals surface area contributed by atoms with Crippen LogP contribution < -0.4 is 5.32 Å². The number of hydrogen-bond donors (Lipinski definition) is 2. The van der Waals surface area contributed by atoms with Crippen LogP contribution in [-0.2, 0) is 24.1 Å². The van der Waals surface area contributed by atoms with Gasteiger partial charge in [0.1, 0.15) is 0 Å². The van der Waals surface area contributed by atoms with Gasteiger partial charge in [-0.25, -0.2) is 0 Å². The fourth-order valence-electron chi connectivity index (χ4n) is 2.81. The van der Waals surface area contributed by atoms with Crippen LogP contribution in [0.3, 0.4) is 0 Å². The van der Waals surface area contributed by atoms with Gasteiger partial charge in [-0.1, -0.05) is 20.8 Å². The Kier molecular flexibility index (Phi) is 6.18. The maximum Gasteiger partial charge on any atom is 0.255 e. The minimum absolute atomic E-state index is 0.0354. The summed E-state index contributed by atoms with van der Waals surface area (Å²) in [6, 6.07) is 0. The van der Waals surface area contributed by atoms with E-state index >= 15 is 0 Å². The minimum Gasteiger partial charge on any atom is -0.396 e. The molecular formula is C17H29N3O3. The van der Waals surface area contributed by atoms with Gasteiger partial charge >= 0.3 is 0 Å². The normalized spacial score (nSPS) is 17.3. The molecule has 23 heavy (non-hydrogen) atoms. The predicted octanol–water partition coefficient (Wildman–Crippen LogP) is 1.55. The van der Waals surface area contributed by atoms with E-state index in [0.717, 1.165) is 42.6 Å². The van der Waals surface area contributed by atoms with Crippen molar-refractivity contribution in [1.29, 1.82) is 0 Å². The Hall–Kier alpha value is -1.40. The van der Waals surface area contributed by atoms with Gasteiger partial charge in [0, 0.05) is 38.3 Å². The third-order valence-corrected chi connectivity index (χ3v) is 4.15. The summed E-state index contributed by atoms with van der Waals surface area (Å²) in [7, 11) is 0. The fraction of sp³-hybridized carbons (Fsp3) is 0.765. The van der Waals surface area contributed by atoms with Gasteiger partial charge in [-0.3, -0.25) is 9.48 Å². The number of carbonyl (C=O) groups excluding carboxylic acids is 1. The molecule has 1 aliphatic heterocycles. The second-order valence-corrected chi connectivity index (χ2v) is 6.93. The predicted molar refractivity (Wildman–Crippen MR) is 88.6 cm³/mol. The molecule has 1 aromatic rings. The average molecular weight is 323 g/mol. The number of aliphatic hydroxyl groups excluding tert-OH is 1. The summed E-state index contributed by atoms with van der Waals surface area (Å²) in [6.45, 7) is 8.70. The third-order valence-electron chi connectivity index (χ3n) is 4.15. The van der Waals surface area contributed by atoms with Crippen LogP contribution in [0.25, 0.3) is 0 Å². The van der Waals surface area contributed by atoms with Crippen LogP contribution in [0.4, 0.5) is 0 Å². The van der Waals surface area contributed by atoms with Crippen molar-refractivity contribution in [3.8, 4) is 0 Å². The number of ether oxygens (including phenoxy) is 1. The second-order valence-electron chi connectivity index (χ2n) is 6.93. The molecule has 1 aromatic heterocycles. The Bertz CT molecular complexity index is 537. The van der Waals surface area contributed by atoms with Crippen molar-refractivity contribution in [1.82, 2.24) is 15.1 Å². The van der Waals surface area contributed by atoms with Crippen molar-refractivity contribution in [2.75, 3.05) is 26.4 Å². The Morgan fingerprint density at radius 1 is 1.35 bits per heavy atom. The van der Waals surface area contributed by atoms with Crippen molar-refractivity contribution in [2.45, 2.75) is 53.0 Å². The fourth-order valence-corrected chi connectivity index (χ4v) is 2.81. The first-order chi connectivity index (χ1) is 11.0. The van der Waals surface area contributed by atoms with Crippen LogP contribution in [0.5, 0.6) is 0 Å². The van der Waals surface area contributed by atoms with Crippen molar-refractivity contribution in [2.24, 2.45) is 5.41 Å². The summed E-state index contributed by atoms with van der Waals surface area (Å²) in [5.74, 6) is -0.0354. The number of nitrogens with zero attached hydrogens (tertiary/aromatic N) is 2. The molecule has 130 valence electrons. The summed E-state index contributed by atoms with van der Waals surface area (Å²) in [5.41, 5.74) is 2.25. The summed E-state index contributed by atoms with van der Waals surface area (Å²) >= 11 is 0. The highest BCUT2D eigenvalue weighted by atomic mass is 16.5. The van der Waals surface area contributed by atoms with Crippen LogP contribution in [0, 0.1) is 5.41 Å². The molecule has 2 heterocycles. The first-order valence-corrected chi connectivity index (χ1v) is 8.54. The molecule has 0 saturated carbocycles. The lowest BCUT2D eigenvalue weighted by molar-refractivity contribution is 0.0943. The summed E-state index contributed by atoms with van der Waals surface area (Å²) in [5, 5.41) is 17.2. The standard InChI is InChI=1S/C17H29N3O3/c1-4-13-15-14(20(19-13)11-17(2,3)12-21)7-5-9-23-10-6-8-18-16(15)22/h21H,4-12H2,1-3H3,(H,18,22). The Morgan fingerprint density at radius 2 is 2.09 bits per heavy atom.